The molecule has 1 saturated heterocycles. The van der Waals surface area contributed by atoms with Gasteiger partial charge in [-0.2, -0.15) is 0 Å². The highest BCUT2D eigenvalue weighted by Crippen LogP contribution is 2.15. The fourth-order valence-corrected chi connectivity index (χ4v) is 1.97. The molecule has 0 bridgehead atoms. The van der Waals surface area contributed by atoms with Crippen molar-refractivity contribution in [2.24, 2.45) is 5.73 Å². The van der Waals surface area contributed by atoms with E-state index >= 15 is 0 Å². The van der Waals surface area contributed by atoms with E-state index in [1.807, 2.05) is 0 Å². The first kappa shape index (κ1) is 12.7. The van der Waals surface area contributed by atoms with Gasteiger partial charge >= 0.3 is 0 Å². The van der Waals surface area contributed by atoms with Crippen LogP contribution in [0, 0.1) is 0 Å². The number of piperidine rings is 1. The van der Waals surface area contributed by atoms with Crippen LogP contribution in [0.15, 0.2) is 0 Å². The van der Waals surface area contributed by atoms with Gasteiger partial charge in [0.25, 0.3) is 0 Å². The Hall–Kier alpha value is 0.650. The summed E-state index contributed by atoms with van der Waals surface area (Å²) in [5, 5.41) is 0. The van der Waals surface area contributed by atoms with Crippen molar-refractivity contribution in [2.75, 3.05) is 33.2 Å². The first-order valence-corrected chi connectivity index (χ1v) is 4.80. The average molecular weight is 284 g/mol. The third-order valence-corrected chi connectivity index (χ3v) is 2.80. The zero-order valence-corrected chi connectivity index (χ0v) is 10.2. The summed E-state index contributed by atoms with van der Waals surface area (Å²) in [5.41, 5.74) is 5.49. The molecule has 0 aliphatic carbocycles. The molecule has 0 amide bonds. The van der Waals surface area contributed by atoms with E-state index in [4.69, 9.17) is 5.73 Å². The van der Waals surface area contributed by atoms with E-state index in [-0.39, 0.29) is 24.0 Å². The lowest BCUT2D eigenvalue weighted by molar-refractivity contribution is -0.914. The molecule has 0 atom stereocenters. The van der Waals surface area contributed by atoms with E-state index in [0.717, 1.165) is 6.54 Å². The highest BCUT2D eigenvalue weighted by Gasteiger charge is 2.23. The molecule has 1 aliphatic heterocycles. The fraction of sp³-hybridized carbons (Fsp3) is 1.00. The Morgan fingerprint density at radius 2 is 1.75 bits per heavy atom. The van der Waals surface area contributed by atoms with Gasteiger partial charge < -0.3 is 34.2 Å². The monoisotopic (exact) mass is 284 g/mol. The van der Waals surface area contributed by atoms with Crippen LogP contribution in [-0.4, -0.2) is 37.7 Å². The molecule has 2 nitrogen and oxygen atoms in total. The van der Waals surface area contributed by atoms with Gasteiger partial charge in [-0.3, -0.25) is 0 Å². The number of likely N-dealkylation sites (tertiary alicyclic amines) is 1. The van der Waals surface area contributed by atoms with Crippen LogP contribution in [0.4, 0.5) is 0 Å². The van der Waals surface area contributed by atoms with Crippen LogP contribution in [0.5, 0.6) is 0 Å². The Balaban J connectivity index is 0.00000121. The van der Waals surface area contributed by atoms with E-state index < -0.39 is 0 Å². The molecule has 1 rings (SSSR count). The minimum Gasteiger partial charge on any atom is -1.00 e. The standard InChI is InChI=1S/C9H21N2.HI/c1-11(9-5-6-10)7-3-2-4-8-11;/h2-10H2,1H3;1H/q+1;/p-1. The van der Waals surface area contributed by atoms with E-state index in [2.05, 4.69) is 7.05 Å². The highest BCUT2D eigenvalue weighted by molar-refractivity contribution is 4.51. The Bertz CT molecular complexity index is 111. The van der Waals surface area contributed by atoms with Gasteiger partial charge in [-0.25, -0.2) is 0 Å². The summed E-state index contributed by atoms with van der Waals surface area (Å²) in [6.07, 6.45) is 5.47. The Morgan fingerprint density at radius 3 is 2.25 bits per heavy atom. The SMILES string of the molecule is C[N+]1(CCCN)CCCCC1.[I-]. The van der Waals surface area contributed by atoms with Crippen LogP contribution in [-0.2, 0) is 0 Å². The van der Waals surface area contributed by atoms with E-state index in [1.165, 1.54) is 49.8 Å². The molecule has 74 valence electrons. The predicted octanol–water partition coefficient (Wildman–Crippen LogP) is -2.03. The molecule has 3 heteroatoms. The van der Waals surface area contributed by atoms with Gasteiger partial charge in [-0.05, 0) is 25.8 Å². The summed E-state index contributed by atoms with van der Waals surface area (Å²) in [5.74, 6) is 0. The molecule has 0 spiro atoms. The van der Waals surface area contributed by atoms with Gasteiger partial charge in [0.1, 0.15) is 0 Å². The number of nitrogens with two attached hydrogens (primary N) is 1. The molecule has 2 N–H and O–H groups in total. The second-order valence-corrected chi connectivity index (χ2v) is 3.99. The number of rotatable bonds is 3. The number of quaternary nitrogens is 1. The summed E-state index contributed by atoms with van der Waals surface area (Å²) in [6.45, 7) is 4.89. The summed E-state index contributed by atoms with van der Waals surface area (Å²) in [7, 11) is 2.37. The Kier molecular flexibility index (Phi) is 6.49. The second-order valence-electron chi connectivity index (χ2n) is 3.99. The first-order chi connectivity index (χ1) is 5.27. The third-order valence-electron chi connectivity index (χ3n) is 2.80. The zero-order chi connectivity index (χ0) is 8.16. The summed E-state index contributed by atoms with van der Waals surface area (Å²) < 4.78 is 1.27. The van der Waals surface area contributed by atoms with Gasteiger partial charge in [-0.1, -0.05) is 0 Å². The lowest BCUT2D eigenvalue weighted by Gasteiger charge is -2.37. The highest BCUT2D eigenvalue weighted by atomic mass is 127. The minimum atomic E-state index is 0. The molecular weight excluding hydrogens is 263 g/mol. The zero-order valence-electron chi connectivity index (χ0n) is 8.06. The third kappa shape index (κ3) is 4.05. The molecule has 12 heavy (non-hydrogen) atoms. The molecule has 0 unspecified atom stereocenters. The van der Waals surface area contributed by atoms with Crippen molar-refractivity contribution < 1.29 is 28.5 Å². The van der Waals surface area contributed by atoms with Gasteiger partial charge in [0.05, 0.1) is 26.7 Å². The molecule has 0 radical (unpaired) electrons. The van der Waals surface area contributed by atoms with Crippen LogP contribution < -0.4 is 29.7 Å². The van der Waals surface area contributed by atoms with Crippen LogP contribution in [0.1, 0.15) is 25.7 Å². The predicted molar refractivity (Wildman–Crippen MR) is 48.3 cm³/mol. The average Bonchev–Trinajstić information content (AvgIpc) is 2.03. The van der Waals surface area contributed by atoms with Gasteiger partial charge in [0.2, 0.25) is 0 Å². The maximum atomic E-state index is 5.49. The van der Waals surface area contributed by atoms with Gasteiger partial charge in [0.15, 0.2) is 0 Å². The number of hydrogen-bond acceptors (Lipinski definition) is 1. The fourth-order valence-electron chi connectivity index (χ4n) is 1.97. The van der Waals surface area contributed by atoms with E-state index in [1.54, 1.807) is 0 Å². The number of hydrogen-bond donors (Lipinski definition) is 1. The van der Waals surface area contributed by atoms with Crippen molar-refractivity contribution in [2.45, 2.75) is 25.7 Å². The summed E-state index contributed by atoms with van der Waals surface area (Å²) in [6, 6.07) is 0. The quantitative estimate of drug-likeness (QED) is 0.469. The molecule has 0 aromatic rings. The van der Waals surface area contributed by atoms with Crippen LogP contribution >= 0.6 is 0 Å². The second kappa shape index (κ2) is 6.16. The van der Waals surface area contributed by atoms with Crippen LogP contribution in [0.2, 0.25) is 0 Å². The van der Waals surface area contributed by atoms with Crippen molar-refractivity contribution in [1.29, 1.82) is 0 Å². The van der Waals surface area contributed by atoms with Crippen LogP contribution in [0.25, 0.3) is 0 Å². The van der Waals surface area contributed by atoms with Crippen molar-refractivity contribution in [3.63, 3.8) is 0 Å². The van der Waals surface area contributed by atoms with Crippen molar-refractivity contribution in [3.05, 3.63) is 0 Å². The molecule has 1 fully saturated rings. The Morgan fingerprint density at radius 1 is 1.17 bits per heavy atom. The summed E-state index contributed by atoms with van der Waals surface area (Å²) >= 11 is 0. The van der Waals surface area contributed by atoms with Crippen molar-refractivity contribution >= 4 is 0 Å². The summed E-state index contributed by atoms with van der Waals surface area (Å²) in [4.78, 5) is 0. The molecule has 0 aromatic heterocycles. The lowest BCUT2D eigenvalue weighted by atomic mass is 10.1. The molecular formula is C9H21IN2. The van der Waals surface area contributed by atoms with Crippen molar-refractivity contribution in [1.82, 2.24) is 0 Å². The van der Waals surface area contributed by atoms with E-state index in [9.17, 15) is 0 Å². The number of halogens is 1. The van der Waals surface area contributed by atoms with Gasteiger partial charge in [0, 0.05) is 6.42 Å². The normalized spacial score (nSPS) is 21.5. The minimum absolute atomic E-state index is 0. The van der Waals surface area contributed by atoms with E-state index in [0.29, 0.717) is 0 Å². The van der Waals surface area contributed by atoms with Crippen molar-refractivity contribution in [3.8, 4) is 0 Å². The maximum Gasteiger partial charge on any atom is 0.0796 e. The molecule has 0 aromatic carbocycles. The Labute approximate surface area is 93.1 Å². The first-order valence-electron chi connectivity index (χ1n) is 4.80. The lowest BCUT2D eigenvalue weighted by Crippen LogP contribution is -3.00. The largest absolute Gasteiger partial charge is 1.00 e. The maximum absolute atomic E-state index is 5.49. The number of nitrogens with zero attached hydrogens (tertiary/aromatic N) is 1. The molecule has 0 saturated carbocycles. The molecule has 1 aliphatic rings. The van der Waals surface area contributed by atoms with Crippen LogP contribution in [0.3, 0.4) is 0 Å². The smallest absolute Gasteiger partial charge is 0.0796 e. The van der Waals surface area contributed by atoms with Gasteiger partial charge in [-0.15, -0.1) is 0 Å². The topological polar surface area (TPSA) is 26.0 Å². The molecule has 1 heterocycles.